The summed E-state index contributed by atoms with van der Waals surface area (Å²) in [6.07, 6.45) is -9.98. The lowest BCUT2D eigenvalue weighted by atomic mass is 9.85. The van der Waals surface area contributed by atoms with Crippen LogP contribution in [-0.4, -0.2) is 57.4 Å². The molecule has 2 aliphatic heterocycles. The summed E-state index contributed by atoms with van der Waals surface area (Å²) in [6.45, 7) is 1.33. The highest BCUT2D eigenvalue weighted by Gasteiger charge is 2.47. The van der Waals surface area contributed by atoms with Gasteiger partial charge in [-0.2, -0.15) is 13.2 Å². The van der Waals surface area contributed by atoms with Crippen LogP contribution in [0.2, 0.25) is 0 Å². The number of fused-ring (bicyclic) bond motifs is 2. The number of nitrogens with zero attached hydrogens (tertiary/aromatic N) is 2. The van der Waals surface area contributed by atoms with Gasteiger partial charge in [-0.1, -0.05) is 37.3 Å². The van der Waals surface area contributed by atoms with E-state index in [4.69, 9.17) is 9.47 Å². The van der Waals surface area contributed by atoms with E-state index < -0.39 is 65.2 Å². The molecule has 0 aliphatic carbocycles. The lowest BCUT2D eigenvalue weighted by molar-refractivity contribution is -0.139. The molecule has 2 aliphatic rings. The monoisotopic (exact) mass is 563 g/mol. The molecule has 1 unspecified atom stereocenters. The maximum Gasteiger partial charge on any atom is 0.419 e. The summed E-state index contributed by atoms with van der Waals surface area (Å²) in [5.74, 6) is -2.22. The van der Waals surface area contributed by atoms with Gasteiger partial charge in [0.25, 0.3) is 5.56 Å². The van der Waals surface area contributed by atoms with E-state index in [0.29, 0.717) is 5.56 Å². The Kier molecular flexibility index (Phi) is 7.04. The molecule has 13 heteroatoms. The van der Waals surface area contributed by atoms with E-state index in [0.717, 1.165) is 21.7 Å². The topological polar surface area (TPSA) is 114 Å². The number of ether oxygens (including phenoxy) is 2. The number of carbonyl (C=O) groups excluding carboxylic acids is 1. The number of aliphatic hydroxyl groups is 1. The Balaban J connectivity index is 1.44. The van der Waals surface area contributed by atoms with E-state index in [1.54, 1.807) is 25.1 Å². The van der Waals surface area contributed by atoms with Crippen molar-refractivity contribution in [2.75, 3.05) is 13.6 Å². The molecule has 1 amide bonds. The summed E-state index contributed by atoms with van der Waals surface area (Å²) in [6, 6.07) is 9.64. The van der Waals surface area contributed by atoms with Crippen molar-refractivity contribution < 1.29 is 36.9 Å². The first-order valence-electron chi connectivity index (χ1n) is 12.5. The van der Waals surface area contributed by atoms with E-state index in [1.165, 1.54) is 25.2 Å². The van der Waals surface area contributed by atoms with Crippen molar-refractivity contribution in [3.63, 3.8) is 0 Å². The molecule has 40 heavy (non-hydrogen) atoms. The lowest BCUT2D eigenvalue weighted by Crippen LogP contribution is -2.42. The molecule has 1 fully saturated rings. The number of halogens is 4. The third-order valence-corrected chi connectivity index (χ3v) is 7.17. The third-order valence-electron chi connectivity index (χ3n) is 7.17. The minimum absolute atomic E-state index is 0.00592. The van der Waals surface area contributed by atoms with Gasteiger partial charge in [0, 0.05) is 36.5 Å². The van der Waals surface area contributed by atoms with Gasteiger partial charge < -0.3 is 19.5 Å². The average molecular weight is 564 g/mol. The number of aromatic nitrogens is 2. The summed E-state index contributed by atoms with van der Waals surface area (Å²) in [5, 5.41) is 10.6. The molecule has 0 radical (unpaired) electrons. The Morgan fingerprint density at radius 1 is 1.12 bits per heavy atom. The molecule has 3 aromatic rings. The highest BCUT2D eigenvalue weighted by atomic mass is 19.4. The molecular weight excluding hydrogens is 538 g/mol. The van der Waals surface area contributed by atoms with Crippen molar-refractivity contribution >= 4 is 5.91 Å². The Labute approximate surface area is 224 Å². The minimum atomic E-state index is -4.73. The van der Waals surface area contributed by atoms with Crippen LogP contribution in [0.1, 0.15) is 41.3 Å². The van der Waals surface area contributed by atoms with Gasteiger partial charge in [-0.25, -0.2) is 9.18 Å². The summed E-state index contributed by atoms with van der Waals surface area (Å²) in [4.78, 5) is 41.2. The largest absolute Gasteiger partial charge is 0.456 e. The molecule has 3 heterocycles. The molecule has 2 N–H and O–H groups in total. The number of hydrogen-bond acceptors (Lipinski definition) is 6. The maximum atomic E-state index is 15.1. The minimum Gasteiger partial charge on any atom is -0.456 e. The van der Waals surface area contributed by atoms with Crippen LogP contribution in [0.3, 0.4) is 0 Å². The molecule has 2 aromatic carbocycles. The fourth-order valence-corrected chi connectivity index (χ4v) is 5.10. The average Bonchev–Trinajstić information content (AvgIpc) is 3.18. The number of carbonyl (C=O) groups is 1. The molecule has 5 rings (SSSR count). The quantitative estimate of drug-likeness (QED) is 0.462. The smallest absolute Gasteiger partial charge is 0.419 e. The van der Waals surface area contributed by atoms with Gasteiger partial charge in [-0.3, -0.25) is 19.1 Å². The van der Waals surface area contributed by atoms with E-state index in [9.17, 15) is 32.7 Å². The number of nitrogens with one attached hydrogen (secondary N) is 1. The summed E-state index contributed by atoms with van der Waals surface area (Å²) in [7, 11) is 1.35. The van der Waals surface area contributed by atoms with Gasteiger partial charge in [0.15, 0.2) is 12.4 Å². The highest BCUT2D eigenvalue weighted by molar-refractivity contribution is 5.90. The lowest BCUT2D eigenvalue weighted by Gasteiger charge is -2.32. The number of H-pyrrole nitrogens is 1. The molecule has 1 aromatic heterocycles. The van der Waals surface area contributed by atoms with E-state index in [1.807, 2.05) is 0 Å². The van der Waals surface area contributed by atoms with Gasteiger partial charge >= 0.3 is 11.9 Å². The Bertz CT molecular complexity index is 1570. The summed E-state index contributed by atoms with van der Waals surface area (Å²) < 4.78 is 68.5. The molecule has 1 saturated heterocycles. The van der Waals surface area contributed by atoms with Gasteiger partial charge in [0.1, 0.15) is 23.7 Å². The molecule has 0 spiro atoms. The molecule has 9 nitrogen and oxygen atoms in total. The van der Waals surface area contributed by atoms with Crippen molar-refractivity contribution in [1.29, 1.82) is 0 Å². The van der Waals surface area contributed by atoms with Crippen LogP contribution in [0, 0.1) is 0 Å². The predicted molar refractivity (Wildman–Crippen MR) is 133 cm³/mol. The van der Waals surface area contributed by atoms with Crippen LogP contribution in [0.25, 0.3) is 0 Å². The number of likely N-dealkylation sites (N-methyl/N-ethyl adjacent to an activating group) is 1. The number of benzene rings is 2. The first-order valence-corrected chi connectivity index (χ1v) is 12.5. The Hall–Kier alpha value is -3.97. The number of para-hydroxylation sites is 2. The van der Waals surface area contributed by atoms with Crippen molar-refractivity contribution in [3.8, 4) is 11.5 Å². The second-order valence-electron chi connectivity index (χ2n) is 9.69. The van der Waals surface area contributed by atoms with Gasteiger partial charge in [0.05, 0.1) is 11.5 Å². The number of alkyl halides is 4. The first kappa shape index (κ1) is 27.6. The number of aliphatic hydroxyl groups excluding tert-OH is 1. The number of rotatable bonds is 5. The first-order chi connectivity index (χ1) is 18.9. The molecule has 212 valence electrons. The van der Waals surface area contributed by atoms with Gasteiger partial charge in [-0.05, 0) is 18.6 Å². The fraction of sp³-hybridized carbons (Fsp3) is 0.370. The number of amides is 1. The molecule has 5 atom stereocenters. The summed E-state index contributed by atoms with van der Waals surface area (Å²) in [5.41, 5.74) is -2.03. The summed E-state index contributed by atoms with van der Waals surface area (Å²) >= 11 is 0. The Morgan fingerprint density at radius 2 is 1.82 bits per heavy atom. The highest BCUT2D eigenvalue weighted by Crippen LogP contribution is 2.49. The standard InChI is InChI=1S/C27H25F4N3O6/c1-3-13-11-34(26(38)32-23(13)36)25-20(28)21(35)18(40-25)12-33(2)24(37)19-14-7-4-5-10-17(14)39-22-15(19)8-6-9-16(22)27(29,30)31/h4-11,18-21,25,35H,3,12H2,1-2H3,(H,32,36,38)/t18-,19?,20+,21-,25-/m1/s1. The SMILES string of the molecule is CCc1cn([C@@H]2O[C@H](CN(C)C(=O)C3c4ccccc4Oc4c3cccc4C(F)(F)F)[C@@H](O)[C@@H]2F)c(=O)[nH]c1=O. The van der Waals surface area contributed by atoms with Crippen LogP contribution in [0.5, 0.6) is 11.5 Å². The van der Waals surface area contributed by atoms with Gasteiger partial charge in [0.2, 0.25) is 5.91 Å². The zero-order valence-corrected chi connectivity index (χ0v) is 21.3. The third kappa shape index (κ3) is 4.68. The molecule has 0 saturated carbocycles. The number of aromatic amines is 1. The van der Waals surface area contributed by atoms with E-state index >= 15 is 4.39 Å². The second-order valence-corrected chi connectivity index (χ2v) is 9.69. The zero-order chi connectivity index (χ0) is 28.9. The zero-order valence-electron chi connectivity index (χ0n) is 21.3. The number of hydrogen-bond donors (Lipinski definition) is 2. The maximum absolute atomic E-state index is 15.1. The predicted octanol–water partition coefficient (Wildman–Crippen LogP) is 3.11. The van der Waals surface area contributed by atoms with E-state index in [2.05, 4.69) is 4.98 Å². The van der Waals surface area contributed by atoms with Crippen molar-refractivity contribution in [1.82, 2.24) is 14.5 Å². The van der Waals surface area contributed by atoms with Crippen LogP contribution < -0.4 is 16.0 Å². The van der Waals surface area contributed by atoms with E-state index in [-0.39, 0.29) is 29.8 Å². The molecule has 0 bridgehead atoms. The second kappa shape index (κ2) is 10.2. The number of aryl methyl sites for hydroxylation is 1. The fourth-order valence-electron chi connectivity index (χ4n) is 5.10. The van der Waals surface area contributed by atoms with Crippen molar-refractivity contribution in [2.45, 2.75) is 50.0 Å². The van der Waals surface area contributed by atoms with Crippen LogP contribution in [0.15, 0.2) is 58.3 Å². The Morgan fingerprint density at radius 3 is 2.52 bits per heavy atom. The van der Waals surface area contributed by atoms with Crippen LogP contribution >= 0.6 is 0 Å². The van der Waals surface area contributed by atoms with Crippen LogP contribution in [-0.2, 0) is 22.1 Å². The van der Waals surface area contributed by atoms with Crippen molar-refractivity contribution in [3.05, 3.63) is 91.8 Å². The van der Waals surface area contributed by atoms with Gasteiger partial charge in [-0.15, -0.1) is 0 Å². The van der Waals surface area contributed by atoms with Crippen molar-refractivity contribution in [2.24, 2.45) is 0 Å². The normalized spacial score (nSPS) is 23.7. The van der Waals surface area contributed by atoms with Crippen LogP contribution in [0.4, 0.5) is 17.6 Å². The molecular formula is C27H25F4N3O6.